The number of hydrogen-bond acceptors (Lipinski definition) is 7. The second-order valence-electron chi connectivity index (χ2n) is 12.9. The molecule has 234 valence electrons. The van der Waals surface area contributed by atoms with E-state index >= 15 is 0 Å². The van der Waals surface area contributed by atoms with Crippen LogP contribution in [0, 0.1) is 0 Å². The summed E-state index contributed by atoms with van der Waals surface area (Å²) in [5, 5.41) is 20.2. The van der Waals surface area contributed by atoms with Crippen molar-refractivity contribution in [2.45, 2.75) is 77.6 Å². The van der Waals surface area contributed by atoms with Crippen molar-refractivity contribution >= 4 is 23.6 Å². The van der Waals surface area contributed by atoms with Crippen molar-refractivity contribution in [1.82, 2.24) is 31.3 Å². The van der Waals surface area contributed by atoms with Crippen molar-refractivity contribution < 1.29 is 19.1 Å². The number of nitrogens with one attached hydrogen (secondary N) is 3. The molecule has 3 N–H and O–H groups in total. The first-order valence-corrected chi connectivity index (χ1v) is 15.0. The molecule has 0 aliphatic carbocycles. The lowest BCUT2D eigenvalue weighted by Gasteiger charge is -2.29. The van der Waals surface area contributed by atoms with Gasteiger partial charge >= 0.3 is 6.09 Å². The van der Waals surface area contributed by atoms with E-state index in [4.69, 9.17) is 4.74 Å². The van der Waals surface area contributed by atoms with Gasteiger partial charge in [-0.05, 0) is 81.0 Å². The number of para-hydroxylation sites is 1. The van der Waals surface area contributed by atoms with Crippen LogP contribution in [0.3, 0.4) is 0 Å². The molecule has 45 heavy (non-hydrogen) atoms. The van der Waals surface area contributed by atoms with Gasteiger partial charge in [-0.1, -0.05) is 66.7 Å². The van der Waals surface area contributed by atoms with Crippen molar-refractivity contribution in [3.05, 3.63) is 83.9 Å². The number of benzene rings is 3. The van der Waals surface area contributed by atoms with E-state index in [0.717, 1.165) is 33.5 Å². The minimum absolute atomic E-state index is 0.0181. The summed E-state index contributed by atoms with van der Waals surface area (Å²) in [5.41, 5.74) is 4.08. The number of anilines is 1. The summed E-state index contributed by atoms with van der Waals surface area (Å²) >= 11 is 0. The molecule has 0 saturated carbocycles. The van der Waals surface area contributed by atoms with Crippen LogP contribution in [0.1, 0.15) is 58.6 Å². The molecule has 0 bridgehead atoms. The molecule has 3 aromatic carbocycles. The average molecular weight is 610 g/mol. The molecule has 4 aromatic rings. The summed E-state index contributed by atoms with van der Waals surface area (Å²) < 4.78 is 5.35. The number of alkyl carbamates (subject to hydrolysis) is 1. The third-order valence-corrected chi connectivity index (χ3v) is 7.44. The lowest BCUT2D eigenvalue weighted by molar-refractivity contribution is -0.128. The zero-order chi connectivity index (χ0) is 32.2. The van der Waals surface area contributed by atoms with Gasteiger partial charge in [-0.25, -0.2) is 4.79 Å². The summed E-state index contributed by atoms with van der Waals surface area (Å²) in [6.45, 7) is 9.16. The van der Waals surface area contributed by atoms with E-state index in [1.807, 2.05) is 72.8 Å². The van der Waals surface area contributed by atoms with Crippen LogP contribution >= 0.6 is 0 Å². The number of aromatic amines is 1. The number of aromatic nitrogens is 4. The summed E-state index contributed by atoms with van der Waals surface area (Å²) in [7, 11) is 0. The normalized spacial score (nSPS) is 15.2. The SMILES string of the molecule is CC(C)(CC(=O)N[C@@H]1CCc2ccccc2N(Cc2ccc(-c3ccccc3-c3nn[nH]n3)cc2)C1=O)NC(=O)OC(C)(C)C. The smallest absolute Gasteiger partial charge is 0.408 e. The molecule has 1 aromatic heterocycles. The molecule has 11 heteroatoms. The van der Waals surface area contributed by atoms with Crippen LogP contribution in [-0.2, 0) is 27.3 Å². The number of amides is 3. The Balaban J connectivity index is 1.32. The van der Waals surface area contributed by atoms with E-state index in [1.165, 1.54) is 0 Å². The highest BCUT2D eigenvalue weighted by molar-refractivity contribution is 6.00. The number of carbonyl (C=O) groups excluding carboxylic acids is 3. The van der Waals surface area contributed by atoms with Crippen molar-refractivity contribution in [2.24, 2.45) is 0 Å². The van der Waals surface area contributed by atoms with E-state index in [9.17, 15) is 14.4 Å². The number of nitrogens with zero attached hydrogens (tertiary/aromatic N) is 4. The number of rotatable bonds is 8. The minimum Gasteiger partial charge on any atom is -0.444 e. The van der Waals surface area contributed by atoms with E-state index in [0.29, 0.717) is 25.2 Å². The third kappa shape index (κ3) is 7.91. The van der Waals surface area contributed by atoms with E-state index in [-0.39, 0.29) is 18.2 Å². The molecule has 5 rings (SSSR count). The molecule has 0 saturated heterocycles. The zero-order valence-corrected chi connectivity index (χ0v) is 26.3. The van der Waals surface area contributed by atoms with Crippen LogP contribution in [0.15, 0.2) is 72.8 Å². The fourth-order valence-electron chi connectivity index (χ4n) is 5.46. The van der Waals surface area contributed by atoms with Crippen molar-refractivity contribution in [3.63, 3.8) is 0 Å². The Morgan fingerprint density at radius 3 is 2.33 bits per heavy atom. The molecule has 2 heterocycles. The Morgan fingerprint density at radius 2 is 1.64 bits per heavy atom. The molecule has 3 amide bonds. The molecule has 0 spiro atoms. The highest BCUT2D eigenvalue weighted by Gasteiger charge is 2.33. The number of ether oxygens (including phenoxy) is 1. The Labute approximate surface area is 262 Å². The first-order valence-electron chi connectivity index (χ1n) is 15.0. The lowest BCUT2D eigenvalue weighted by atomic mass is 9.98. The Morgan fingerprint density at radius 1 is 0.956 bits per heavy atom. The summed E-state index contributed by atoms with van der Waals surface area (Å²) in [6, 6.07) is 23.0. The van der Waals surface area contributed by atoms with Gasteiger partial charge in [0.1, 0.15) is 11.6 Å². The predicted octanol–water partition coefficient (Wildman–Crippen LogP) is 5.19. The molecule has 0 fully saturated rings. The Kier molecular flexibility index (Phi) is 8.99. The topological polar surface area (TPSA) is 142 Å². The average Bonchev–Trinajstić information content (AvgIpc) is 3.48. The highest BCUT2D eigenvalue weighted by atomic mass is 16.6. The number of aryl methyl sites for hydroxylation is 1. The Bertz CT molecular complexity index is 1660. The van der Waals surface area contributed by atoms with Crippen LogP contribution in [0.2, 0.25) is 0 Å². The van der Waals surface area contributed by atoms with Crippen molar-refractivity contribution in [1.29, 1.82) is 0 Å². The number of fused-ring (bicyclic) bond motifs is 1. The maximum Gasteiger partial charge on any atom is 0.408 e. The number of carbonyl (C=O) groups is 3. The predicted molar refractivity (Wildman–Crippen MR) is 171 cm³/mol. The molecule has 0 radical (unpaired) electrons. The largest absolute Gasteiger partial charge is 0.444 e. The standard InChI is InChI=1S/C34H39N7O4/c1-33(2,3)45-32(44)36-34(4,5)20-29(42)35-27-19-18-24-10-6-9-13-28(24)41(31(27)43)21-22-14-16-23(17-15-22)25-11-7-8-12-26(25)30-37-39-40-38-30/h6-17,27H,18-21H2,1-5H3,(H,35,42)(H,36,44)(H,37,38,39,40)/t27-/m1/s1. The quantitative estimate of drug-likeness (QED) is 0.250. The number of H-pyrrole nitrogens is 1. The van der Waals surface area contributed by atoms with Crippen LogP contribution in [0.25, 0.3) is 22.5 Å². The fourth-order valence-corrected chi connectivity index (χ4v) is 5.46. The molecule has 1 aliphatic rings. The van der Waals surface area contributed by atoms with Gasteiger partial charge in [-0.3, -0.25) is 9.59 Å². The van der Waals surface area contributed by atoms with E-state index in [2.05, 4.69) is 31.3 Å². The van der Waals surface area contributed by atoms with Gasteiger partial charge in [0.05, 0.1) is 6.54 Å². The van der Waals surface area contributed by atoms with Gasteiger partial charge in [0.2, 0.25) is 17.6 Å². The Hall–Kier alpha value is -5.06. The lowest BCUT2D eigenvalue weighted by Crippen LogP contribution is -2.52. The van der Waals surface area contributed by atoms with Gasteiger partial charge in [0, 0.05) is 23.2 Å². The monoisotopic (exact) mass is 609 g/mol. The summed E-state index contributed by atoms with van der Waals surface area (Å²) in [5.74, 6) is 0.00113. The molecular formula is C34H39N7O4. The van der Waals surface area contributed by atoms with E-state index in [1.54, 1.807) is 39.5 Å². The highest BCUT2D eigenvalue weighted by Crippen LogP contribution is 2.32. The first-order chi connectivity index (χ1) is 21.4. The van der Waals surface area contributed by atoms with Gasteiger partial charge in [-0.2, -0.15) is 5.21 Å². The van der Waals surface area contributed by atoms with Gasteiger partial charge in [0.25, 0.3) is 0 Å². The molecule has 11 nitrogen and oxygen atoms in total. The fraction of sp³-hybridized carbons (Fsp3) is 0.353. The second-order valence-corrected chi connectivity index (χ2v) is 12.9. The van der Waals surface area contributed by atoms with Crippen LogP contribution in [0.5, 0.6) is 0 Å². The molecular weight excluding hydrogens is 570 g/mol. The van der Waals surface area contributed by atoms with Crippen LogP contribution in [0.4, 0.5) is 10.5 Å². The maximum absolute atomic E-state index is 14.0. The second kappa shape index (κ2) is 12.9. The van der Waals surface area contributed by atoms with Crippen molar-refractivity contribution in [2.75, 3.05) is 4.90 Å². The van der Waals surface area contributed by atoms with Crippen LogP contribution in [-0.4, -0.2) is 55.7 Å². The summed E-state index contributed by atoms with van der Waals surface area (Å²) in [4.78, 5) is 41.3. The minimum atomic E-state index is -0.882. The first kappa shape index (κ1) is 31.4. The van der Waals surface area contributed by atoms with E-state index < -0.39 is 23.3 Å². The molecule has 0 unspecified atom stereocenters. The maximum atomic E-state index is 14.0. The zero-order valence-electron chi connectivity index (χ0n) is 26.3. The summed E-state index contributed by atoms with van der Waals surface area (Å²) in [6.07, 6.45) is 0.477. The van der Waals surface area contributed by atoms with Crippen LogP contribution < -0.4 is 15.5 Å². The number of tetrazole rings is 1. The third-order valence-electron chi connectivity index (χ3n) is 7.44. The van der Waals surface area contributed by atoms with Gasteiger partial charge < -0.3 is 20.3 Å². The van der Waals surface area contributed by atoms with Crippen molar-refractivity contribution in [3.8, 4) is 22.5 Å². The van der Waals surface area contributed by atoms with Gasteiger partial charge in [-0.15, -0.1) is 10.2 Å². The molecule has 1 aliphatic heterocycles. The van der Waals surface area contributed by atoms with Gasteiger partial charge in [0.15, 0.2) is 0 Å². The molecule has 1 atom stereocenters. The number of hydrogen-bond donors (Lipinski definition) is 3.